The second-order valence-electron chi connectivity index (χ2n) is 5.91. The molecule has 24 heavy (non-hydrogen) atoms. The molecule has 0 bridgehead atoms. The summed E-state index contributed by atoms with van der Waals surface area (Å²) in [4.78, 5) is 10.5. The maximum absolute atomic E-state index is 10.5. The number of hydrazone groups is 1. The number of carboxylic acids is 1. The summed E-state index contributed by atoms with van der Waals surface area (Å²) in [5.41, 5.74) is 3.45. The quantitative estimate of drug-likeness (QED) is 0.456. The van der Waals surface area contributed by atoms with Crippen LogP contribution >= 0.6 is 12.2 Å². The van der Waals surface area contributed by atoms with Gasteiger partial charge in [-0.2, -0.15) is 5.10 Å². The fourth-order valence-electron chi connectivity index (χ4n) is 2.75. The van der Waals surface area contributed by atoms with Gasteiger partial charge in [0.1, 0.15) is 12.4 Å². The van der Waals surface area contributed by atoms with Gasteiger partial charge in [0.25, 0.3) is 0 Å². The summed E-state index contributed by atoms with van der Waals surface area (Å²) in [5, 5.41) is 18.4. The molecule has 2 atom stereocenters. The van der Waals surface area contributed by atoms with Gasteiger partial charge in [-0.1, -0.05) is 31.9 Å². The Morgan fingerprint density at radius 1 is 1.42 bits per heavy atom. The molecule has 0 aliphatic heterocycles. The van der Waals surface area contributed by atoms with E-state index in [2.05, 4.69) is 22.8 Å². The van der Waals surface area contributed by atoms with Crippen molar-refractivity contribution in [1.82, 2.24) is 10.7 Å². The monoisotopic (exact) mass is 348 g/mol. The molecule has 0 saturated heterocycles. The van der Waals surface area contributed by atoms with Crippen LogP contribution in [0.25, 0.3) is 0 Å². The van der Waals surface area contributed by atoms with E-state index in [1.165, 1.54) is 19.3 Å². The van der Waals surface area contributed by atoms with E-state index in [4.69, 9.17) is 17.0 Å². The Morgan fingerprint density at radius 3 is 2.92 bits per heavy atom. The minimum absolute atomic E-state index is 0.382. The van der Waals surface area contributed by atoms with Gasteiger partial charge < -0.3 is 20.0 Å². The van der Waals surface area contributed by atoms with Crippen LogP contribution in [0.2, 0.25) is 0 Å². The molecule has 130 valence electrons. The molecule has 1 aromatic carbocycles. The number of benzene rings is 1. The van der Waals surface area contributed by atoms with Crippen molar-refractivity contribution in [1.29, 1.82) is 0 Å². The number of carbonyl (C=O) groups excluding carboxylic acids is 1. The van der Waals surface area contributed by atoms with Crippen LogP contribution in [0.1, 0.15) is 38.2 Å². The number of hydrogen-bond acceptors (Lipinski definition) is 5. The Balaban J connectivity index is 1.86. The highest BCUT2D eigenvalue weighted by Gasteiger charge is 2.21. The van der Waals surface area contributed by atoms with Gasteiger partial charge in [0.2, 0.25) is 0 Å². The highest BCUT2D eigenvalue weighted by atomic mass is 32.1. The van der Waals surface area contributed by atoms with Crippen LogP contribution in [0.5, 0.6) is 5.75 Å². The zero-order valence-corrected chi connectivity index (χ0v) is 14.5. The van der Waals surface area contributed by atoms with Gasteiger partial charge in [0.05, 0.1) is 12.2 Å². The zero-order chi connectivity index (χ0) is 17.4. The Hall–Kier alpha value is -2.15. The van der Waals surface area contributed by atoms with E-state index < -0.39 is 12.6 Å². The number of para-hydroxylation sites is 1. The van der Waals surface area contributed by atoms with Gasteiger partial charge >= 0.3 is 0 Å². The van der Waals surface area contributed by atoms with Crippen LogP contribution in [-0.4, -0.2) is 29.9 Å². The normalized spacial score (nSPS) is 20.5. The van der Waals surface area contributed by atoms with Gasteiger partial charge in [-0.05, 0) is 43.1 Å². The van der Waals surface area contributed by atoms with Crippen LogP contribution in [0.3, 0.4) is 0 Å². The number of nitrogens with zero attached hydrogens (tertiary/aromatic N) is 1. The summed E-state index contributed by atoms with van der Waals surface area (Å²) in [5.74, 6) is -0.250. The number of rotatable bonds is 6. The topological polar surface area (TPSA) is 85.8 Å². The minimum atomic E-state index is -1.27. The fraction of sp³-hybridized carbons (Fsp3) is 0.471. The van der Waals surface area contributed by atoms with E-state index in [0.717, 1.165) is 6.42 Å². The molecule has 0 heterocycles. The van der Waals surface area contributed by atoms with E-state index in [1.807, 2.05) is 6.07 Å². The molecular weight excluding hydrogens is 326 g/mol. The van der Waals surface area contributed by atoms with Crippen LogP contribution < -0.4 is 20.6 Å². The molecule has 7 heteroatoms. The van der Waals surface area contributed by atoms with E-state index in [0.29, 0.717) is 28.4 Å². The van der Waals surface area contributed by atoms with E-state index in [1.54, 1.807) is 24.4 Å². The molecule has 6 nitrogen and oxygen atoms in total. The molecule has 0 spiro atoms. The summed E-state index contributed by atoms with van der Waals surface area (Å²) < 4.78 is 5.16. The van der Waals surface area contributed by atoms with Crippen molar-refractivity contribution in [3.63, 3.8) is 0 Å². The predicted molar refractivity (Wildman–Crippen MR) is 94.8 cm³/mol. The van der Waals surface area contributed by atoms with Gasteiger partial charge in [-0.25, -0.2) is 0 Å². The maximum atomic E-state index is 10.5. The molecule has 1 saturated carbocycles. The van der Waals surface area contributed by atoms with Crippen molar-refractivity contribution in [2.45, 2.75) is 38.6 Å². The predicted octanol–water partition coefficient (Wildman–Crippen LogP) is 1.19. The molecule has 0 aromatic heterocycles. The SMILES string of the molecule is C[C@H]1CCCC[C@@H]1NC(=S)N/N=C\c1ccccc1OCC(=O)[O-]. The van der Waals surface area contributed by atoms with Crippen molar-refractivity contribution in [3.8, 4) is 5.75 Å². The average Bonchev–Trinajstić information content (AvgIpc) is 2.56. The molecule has 2 N–H and O–H groups in total. The molecule has 1 fully saturated rings. The molecule has 2 rings (SSSR count). The third kappa shape index (κ3) is 5.81. The number of aliphatic carboxylic acids is 1. The summed E-state index contributed by atoms with van der Waals surface area (Å²) >= 11 is 5.27. The van der Waals surface area contributed by atoms with Crippen LogP contribution in [-0.2, 0) is 4.79 Å². The first-order valence-electron chi connectivity index (χ1n) is 8.07. The fourth-order valence-corrected chi connectivity index (χ4v) is 2.95. The highest BCUT2D eigenvalue weighted by Crippen LogP contribution is 2.23. The minimum Gasteiger partial charge on any atom is -0.546 e. The van der Waals surface area contributed by atoms with E-state index in [9.17, 15) is 9.90 Å². The van der Waals surface area contributed by atoms with Crippen molar-refractivity contribution in [2.24, 2.45) is 11.0 Å². The summed E-state index contributed by atoms with van der Waals surface area (Å²) in [6.45, 7) is 1.73. The Morgan fingerprint density at radius 2 is 2.17 bits per heavy atom. The lowest BCUT2D eigenvalue weighted by Gasteiger charge is -2.30. The van der Waals surface area contributed by atoms with Crippen molar-refractivity contribution in [3.05, 3.63) is 29.8 Å². The largest absolute Gasteiger partial charge is 0.546 e. The molecule has 1 aliphatic rings. The zero-order valence-electron chi connectivity index (χ0n) is 13.7. The number of nitrogens with one attached hydrogen (secondary N) is 2. The number of ether oxygens (including phenoxy) is 1. The molecule has 0 amide bonds. The summed E-state index contributed by atoms with van der Waals surface area (Å²) in [6, 6.07) is 7.40. The van der Waals surface area contributed by atoms with E-state index >= 15 is 0 Å². The van der Waals surface area contributed by atoms with Gasteiger partial charge in [0, 0.05) is 11.6 Å². The Kier molecular flexibility index (Phi) is 6.99. The second kappa shape index (κ2) is 9.22. The first-order chi connectivity index (χ1) is 11.6. The lowest BCUT2D eigenvalue weighted by molar-refractivity contribution is -0.307. The average molecular weight is 348 g/mol. The molecule has 1 aliphatic carbocycles. The van der Waals surface area contributed by atoms with Gasteiger partial charge in [-0.15, -0.1) is 0 Å². The number of thiocarbonyl (C=S) groups is 1. The summed E-state index contributed by atoms with van der Waals surface area (Å²) in [7, 11) is 0. The molecule has 1 aromatic rings. The van der Waals surface area contributed by atoms with Crippen LogP contribution in [0, 0.1) is 5.92 Å². The van der Waals surface area contributed by atoms with E-state index in [-0.39, 0.29) is 0 Å². The maximum Gasteiger partial charge on any atom is 0.187 e. The molecule has 0 unspecified atom stereocenters. The Bertz CT molecular complexity index is 606. The van der Waals surface area contributed by atoms with Crippen molar-refractivity contribution < 1.29 is 14.6 Å². The third-order valence-corrected chi connectivity index (χ3v) is 4.27. The number of carboxylic acid groups (broad SMARTS) is 1. The first-order valence-corrected chi connectivity index (χ1v) is 8.48. The van der Waals surface area contributed by atoms with Crippen LogP contribution in [0.4, 0.5) is 0 Å². The standard InChI is InChI=1S/C17H23N3O3S/c1-12-6-2-4-8-14(12)19-17(24)20-18-10-13-7-3-5-9-15(13)23-11-16(21)22/h3,5,7,9-10,12,14H,2,4,6,8,11H2,1H3,(H,21,22)(H2,19,20,24)/p-1/b18-10-/t12-,14-/m0/s1. The summed E-state index contributed by atoms with van der Waals surface area (Å²) in [6.07, 6.45) is 6.37. The molecular formula is C17H22N3O3S-. The van der Waals surface area contributed by atoms with Gasteiger partial charge in [0.15, 0.2) is 5.11 Å². The van der Waals surface area contributed by atoms with Crippen molar-refractivity contribution in [2.75, 3.05) is 6.61 Å². The first kappa shape index (κ1) is 18.2. The molecule has 0 radical (unpaired) electrons. The smallest absolute Gasteiger partial charge is 0.187 e. The highest BCUT2D eigenvalue weighted by molar-refractivity contribution is 7.80. The number of carbonyl (C=O) groups is 1. The number of hydrogen-bond donors (Lipinski definition) is 2. The van der Waals surface area contributed by atoms with Crippen LogP contribution in [0.15, 0.2) is 29.4 Å². The third-order valence-electron chi connectivity index (χ3n) is 4.06. The Labute approximate surface area is 147 Å². The second-order valence-corrected chi connectivity index (χ2v) is 6.32. The van der Waals surface area contributed by atoms with Crippen molar-refractivity contribution >= 4 is 29.5 Å². The van der Waals surface area contributed by atoms with Gasteiger partial charge in [-0.3, -0.25) is 5.43 Å². The lowest BCUT2D eigenvalue weighted by atomic mass is 9.86. The lowest BCUT2D eigenvalue weighted by Crippen LogP contribution is -2.44.